The van der Waals surface area contributed by atoms with Crippen LogP contribution >= 0.6 is 0 Å². The molecule has 0 aliphatic heterocycles. The van der Waals surface area contributed by atoms with Gasteiger partial charge in [-0.25, -0.2) is 8.78 Å². The van der Waals surface area contributed by atoms with Crippen molar-refractivity contribution in [1.29, 1.82) is 0 Å². The highest BCUT2D eigenvalue weighted by molar-refractivity contribution is 5.83. The summed E-state index contributed by atoms with van der Waals surface area (Å²) in [6.45, 7) is 6.72. The molecule has 2 atom stereocenters. The highest BCUT2D eigenvalue weighted by Crippen LogP contribution is 2.23. The van der Waals surface area contributed by atoms with Crippen LogP contribution < -0.4 is 5.32 Å². The molecule has 3 nitrogen and oxygen atoms in total. The van der Waals surface area contributed by atoms with Gasteiger partial charge in [-0.15, -0.1) is 0 Å². The number of aliphatic hydroxyl groups is 1. The zero-order chi connectivity index (χ0) is 15.5. The van der Waals surface area contributed by atoms with Crippen molar-refractivity contribution in [1.82, 2.24) is 5.32 Å². The largest absolute Gasteiger partial charge is 0.388 e. The Morgan fingerprint density at radius 1 is 1.30 bits per heavy atom. The number of carbonyl (C=O) groups excluding carboxylic acids is 1. The van der Waals surface area contributed by atoms with Gasteiger partial charge in [0.1, 0.15) is 11.6 Å². The number of nitrogens with one attached hydrogen (secondary N) is 1. The van der Waals surface area contributed by atoms with Crippen LogP contribution in [0, 0.1) is 17.6 Å². The molecule has 0 aliphatic carbocycles. The minimum absolute atomic E-state index is 0.0317. The normalized spacial score (nSPS) is 15.8. The summed E-state index contributed by atoms with van der Waals surface area (Å²) in [4.78, 5) is 12.0. The van der Waals surface area contributed by atoms with Gasteiger partial charge in [0.2, 0.25) is 5.91 Å². The van der Waals surface area contributed by atoms with Crippen LogP contribution in [0.3, 0.4) is 0 Å². The van der Waals surface area contributed by atoms with E-state index in [0.717, 1.165) is 12.1 Å². The minimum Gasteiger partial charge on any atom is -0.388 e. The Bertz CT molecular complexity index is 467. The number of halogens is 2. The molecule has 0 heterocycles. The summed E-state index contributed by atoms with van der Waals surface area (Å²) in [5.41, 5.74) is -1.32. The Hall–Kier alpha value is -1.49. The van der Waals surface area contributed by atoms with Crippen LogP contribution in [-0.4, -0.2) is 23.2 Å². The number of hydrogen-bond acceptors (Lipinski definition) is 2. The lowest BCUT2D eigenvalue weighted by atomic mass is 9.92. The summed E-state index contributed by atoms with van der Waals surface area (Å²) in [6.07, 6.45) is 0. The Labute approximate surface area is 118 Å². The number of benzene rings is 1. The molecule has 20 heavy (non-hydrogen) atoms. The van der Waals surface area contributed by atoms with Crippen LogP contribution in [0.2, 0.25) is 0 Å². The van der Waals surface area contributed by atoms with Crippen molar-refractivity contribution in [3.8, 4) is 0 Å². The second-order valence-electron chi connectivity index (χ2n) is 5.59. The van der Waals surface area contributed by atoms with E-state index in [1.165, 1.54) is 13.0 Å². The van der Waals surface area contributed by atoms with E-state index in [0.29, 0.717) is 0 Å². The molecule has 1 aromatic carbocycles. The molecule has 0 saturated heterocycles. The van der Waals surface area contributed by atoms with Crippen LogP contribution in [-0.2, 0) is 4.79 Å². The smallest absolute Gasteiger partial charge is 0.227 e. The van der Waals surface area contributed by atoms with E-state index < -0.39 is 29.1 Å². The molecule has 2 unspecified atom stereocenters. The van der Waals surface area contributed by atoms with Gasteiger partial charge in [0.05, 0.1) is 11.5 Å². The Morgan fingerprint density at radius 3 is 2.25 bits per heavy atom. The van der Waals surface area contributed by atoms with Gasteiger partial charge in [-0.3, -0.25) is 4.79 Å². The maximum Gasteiger partial charge on any atom is 0.227 e. The highest BCUT2D eigenvalue weighted by atomic mass is 19.1. The van der Waals surface area contributed by atoms with Crippen LogP contribution in [0.1, 0.15) is 39.2 Å². The van der Waals surface area contributed by atoms with Crippen molar-refractivity contribution < 1.29 is 18.7 Å². The van der Waals surface area contributed by atoms with E-state index in [1.54, 1.807) is 6.92 Å². The molecule has 1 aromatic rings. The molecule has 0 radical (unpaired) electrons. The number of hydrogen-bond donors (Lipinski definition) is 2. The van der Waals surface area contributed by atoms with E-state index in [-0.39, 0.29) is 18.0 Å². The third-order valence-electron chi connectivity index (χ3n) is 3.69. The van der Waals surface area contributed by atoms with Gasteiger partial charge in [-0.2, -0.15) is 0 Å². The fraction of sp³-hybridized carbons (Fsp3) is 0.533. The van der Waals surface area contributed by atoms with Crippen LogP contribution in [0.4, 0.5) is 8.78 Å². The van der Waals surface area contributed by atoms with Gasteiger partial charge >= 0.3 is 0 Å². The van der Waals surface area contributed by atoms with Gasteiger partial charge in [-0.05, 0) is 31.9 Å². The number of amides is 1. The lowest BCUT2D eigenvalue weighted by Crippen LogP contribution is -2.45. The fourth-order valence-corrected chi connectivity index (χ4v) is 1.68. The zero-order valence-corrected chi connectivity index (χ0v) is 12.2. The quantitative estimate of drug-likeness (QED) is 0.873. The highest BCUT2D eigenvalue weighted by Gasteiger charge is 2.28. The standard InChI is InChI=1S/C15H21F2NO2/c1-9(2)15(4,20)8-18-14(19)10(3)13-11(16)6-5-7-12(13)17/h5-7,9-10,20H,8H2,1-4H3,(H,18,19). The molecule has 1 amide bonds. The summed E-state index contributed by atoms with van der Waals surface area (Å²) in [6, 6.07) is 3.49. The number of rotatable bonds is 5. The minimum atomic E-state index is -1.07. The van der Waals surface area contributed by atoms with Crippen molar-refractivity contribution in [2.45, 2.75) is 39.2 Å². The SMILES string of the molecule is CC(C(=O)NCC(C)(O)C(C)C)c1c(F)cccc1F. The second kappa shape index (κ2) is 6.31. The van der Waals surface area contributed by atoms with E-state index in [4.69, 9.17) is 0 Å². The predicted octanol–water partition coefficient (Wildman–Crippen LogP) is 2.59. The van der Waals surface area contributed by atoms with E-state index in [9.17, 15) is 18.7 Å². The molecule has 0 bridgehead atoms. The summed E-state index contributed by atoms with van der Waals surface area (Å²) >= 11 is 0. The Morgan fingerprint density at radius 2 is 1.80 bits per heavy atom. The van der Waals surface area contributed by atoms with Crippen molar-refractivity contribution in [3.05, 3.63) is 35.4 Å². The van der Waals surface area contributed by atoms with Crippen LogP contribution in [0.5, 0.6) is 0 Å². The number of carbonyl (C=O) groups is 1. The topological polar surface area (TPSA) is 49.3 Å². The van der Waals surface area contributed by atoms with Crippen molar-refractivity contribution in [2.75, 3.05) is 6.54 Å². The van der Waals surface area contributed by atoms with Gasteiger partial charge in [0.15, 0.2) is 0 Å². The molecule has 112 valence electrons. The molecular weight excluding hydrogens is 264 g/mol. The maximum absolute atomic E-state index is 13.6. The van der Waals surface area contributed by atoms with Gasteiger partial charge < -0.3 is 10.4 Å². The average Bonchev–Trinajstić information content (AvgIpc) is 2.35. The first-order valence-corrected chi connectivity index (χ1v) is 6.60. The molecular formula is C15H21F2NO2. The lowest BCUT2D eigenvalue weighted by Gasteiger charge is -2.28. The first kappa shape index (κ1) is 16.6. The summed E-state index contributed by atoms with van der Waals surface area (Å²) in [5.74, 6) is -3.02. The first-order chi connectivity index (χ1) is 9.16. The second-order valence-corrected chi connectivity index (χ2v) is 5.59. The van der Waals surface area contributed by atoms with Crippen molar-refractivity contribution in [2.24, 2.45) is 5.92 Å². The monoisotopic (exact) mass is 285 g/mol. The molecule has 0 aliphatic rings. The molecule has 0 fully saturated rings. The van der Waals surface area contributed by atoms with Crippen molar-refractivity contribution >= 4 is 5.91 Å². The van der Waals surface area contributed by atoms with Crippen molar-refractivity contribution in [3.63, 3.8) is 0 Å². The molecule has 5 heteroatoms. The lowest BCUT2D eigenvalue weighted by molar-refractivity contribution is -0.123. The molecule has 2 N–H and O–H groups in total. The summed E-state index contributed by atoms with van der Waals surface area (Å²) in [7, 11) is 0. The average molecular weight is 285 g/mol. The van der Waals surface area contributed by atoms with Crippen LogP contribution in [0.15, 0.2) is 18.2 Å². The molecule has 1 rings (SSSR count). The molecule has 0 aromatic heterocycles. The fourth-order valence-electron chi connectivity index (χ4n) is 1.68. The third-order valence-corrected chi connectivity index (χ3v) is 3.69. The molecule has 0 saturated carbocycles. The van der Waals surface area contributed by atoms with Gasteiger partial charge in [-0.1, -0.05) is 19.9 Å². The zero-order valence-electron chi connectivity index (χ0n) is 12.2. The van der Waals surface area contributed by atoms with E-state index >= 15 is 0 Å². The first-order valence-electron chi connectivity index (χ1n) is 6.60. The predicted molar refractivity (Wildman–Crippen MR) is 73.2 cm³/mol. The summed E-state index contributed by atoms with van der Waals surface area (Å²) < 4.78 is 27.2. The van der Waals surface area contributed by atoms with Gasteiger partial charge in [0.25, 0.3) is 0 Å². The maximum atomic E-state index is 13.6. The van der Waals surface area contributed by atoms with Gasteiger partial charge in [0, 0.05) is 12.1 Å². The summed E-state index contributed by atoms with van der Waals surface area (Å²) in [5, 5.41) is 12.6. The van der Waals surface area contributed by atoms with E-state index in [1.807, 2.05) is 13.8 Å². The van der Waals surface area contributed by atoms with Crippen LogP contribution in [0.25, 0.3) is 0 Å². The molecule has 0 spiro atoms. The Kier molecular flexibility index (Phi) is 5.22. The third kappa shape index (κ3) is 3.76. The Balaban J connectivity index is 2.78. The van der Waals surface area contributed by atoms with E-state index in [2.05, 4.69) is 5.32 Å².